The van der Waals surface area contributed by atoms with Gasteiger partial charge < -0.3 is 20.9 Å². The average molecular weight is 265 g/mol. The van der Waals surface area contributed by atoms with E-state index in [4.69, 9.17) is 10.5 Å². The highest BCUT2D eigenvalue weighted by molar-refractivity contribution is 5.54. The number of rotatable bonds is 6. The Bertz CT molecular complexity index is 442. The van der Waals surface area contributed by atoms with Crippen molar-refractivity contribution in [2.75, 3.05) is 17.7 Å². The molecule has 0 saturated heterocycles. The predicted molar refractivity (Wildman–Crippen MR) is 76.3 cm³/mol. The van der Waals surface area contributed by atoms with Gasteiger partial charge in [-0.3, -0.25) is 0 Å². The summed E-state index contributed by atoms with van der Waals surface area (Å²) in [4.78, 5) is 4.37. The Labute approximate surface area is 114 Å². The van der Waals surface area contributed by atoms with Crippen LogP contribution in [0, 0.1) is 5.92 Å². The van der Waals surface area contributed by atoms with Gasteiger partial charge in [-0.1, -0.05) is 0 Å². The van der Waals surface area contributed by atoms with Gasteiger partial charge in [-0.2, -0.15) is 4.98 Å². The minimum atomic E-state index is -0.498. The minimum absolute atomic E-state index is 0.461. The molecule has 106 valence electrons. The summed E-state index contributed by atoms with van der Waals surface area (Å²) in [5, 5.41) is 12.9. The van der Waals surface area contributed by atoms with Crippen LogP contribution in [0.15, 0.2) is 12.1 Å². The van der Waals surface area contributed by atoms with Crippen molar-refractivity contribution in [2.45, 2.75) is 45.3 Å². The molecule has 0 radical (unpaired) electrons. The molecule has 0 spiro atoms. The lowest BCUT2D eigenvalue weighted by molar-refractivity contribution is 0.133. The van der Waals surface area contributed by atoms with Crippen molar-refractivity contribution in [3.63, 3.8) is 0 Å². The van der Waals surface area contributed by atoms with E-state index < -0.39 is 11.6 Å². The lowest BCUT2D eigenvalue weighted by atomic mass is 9.99. The molecule has 1 fully saturated rings. The van der Waals surface area contributed by atoms with E-state index in [1.807, 2.05) is 13.8 Å². The number of nitrogens with two attached hydrogens (primary N) is 1. The van der Waals surface area contributed by atoms with Gasteiger partial charge >= 0.3 is 0 Å². The lowest BCUT2D eigenvalue weighted by Crippen LogP contribution is -2.42. The number of hydrogen-bond donors (Lipinski definition) is 3. The number of nitrogen functional groups attached to an aromatic ring is 1. The smallest absolute Gasteiger partial charge is 0.239 e. The van der Waals surface area contributed by atoms with E-state index in [1.165, 1.54) is 12.8 Å². The topological polar surface area (TPSA) is 80.4 Å². The van der Waals surface area contributed by atoms with E-state index in [0.29, 0.717) is 29.9 Å². The third kappa shape index (κ3) is 3.73. The summed E-state index contributed by atoms with van der Waals surface area (Å²) in [5.41, 5.74) is 5.94. The standard InChI is InChI=1S/C14H23N3O2/c1-9(18)14(2,3)17-12-7-6-11(15)13(16-12)19-8-10-4-5-10/h6-7,9-10,18H,4-5,8,15H2,1-3H3,(H,16,17). The second kappa shape index (κ2) is 5.25. The third-order valence-electron chi connectivity index (χ3n) is 3.54. The van der Waals surface area contributed by atoms with Crippen LogP contribution < -0.4 is 15.8 Å². The Balaban J connectivity index is 2.06. The number of aliphatic hydroxyl groups is 1. The van der Waals surface area contributed by atoms with Crippen LogP contribution in [0.3, 0.4) is 0 Å². The molecule has 1 aromatic heterocycles. The summed E-state index contributed by atoms with van der Waals surface area (Å²) in [5.74, 6) is 1.79. The van der Waals surface area contributed by atoms with E-state index in [2.05, 4.69) is 10.3 Å². The van der Waals surface area contributed by atoms with Crippen LogP contribution in [-0.2, 0) is 0 Å². The third-order valence-corrected chi connectivity index (χ3v) is 3.54. The Morgan fingerprint density at radius 1 is 1.53 bits per heavy atom. The molecule has 19 heavy (non-hydrogen) atoms. The molecule has 1 atom stereocenters. The van der Waals surface area contributed by atoms with Crippen LogP contribution >= 0.6 is 0 Å². The summed E-state index contributed by atoms with van der Waals surface area (Å²) in [7, 11) is 0. The normalized spacial score (nSPS) is 17.1. The summed E-state index contributed by atoms with van der Waals surface area (Å²) < 4.78 is 5.64. The van der Waals surface area contributed by atoms with Gasteiger partial charge in [0.2, 0.25) is 5.88 Å². The molecule has 0 aromatic carbocycles. The van der Waals surface area contributed by atoms with Gasteiger partial charge in [0.25, 0.3) is 0 Å². The highest BCUT2D eigenvalue weighted by atomic mass is 16.5. The Morgan fingerprint density at radius 2 is 2.21 bits per heavy atom. The molecule has 1 aliphatic carbocycles. The van der Waals surface area contributed by atoms with Crippen molar-refractivity contribution < 1.29 is 9.84 Å². The fourth-order valence-electron chi connectivity index (χ4n) is 1.55. The van der Waals surface area contributed by atoms with Crippen molar-refractivity contribution in [3.8, 4) is 5.88 Å². The molecule has 1 aromatic rings. The molecular formula is C14H23N3O2. The SMILES string of the molecule is CC(O)C(C)(C)Nc1ccc(N)c(OCC2CC2)n1. The van der Waals surface area contributed by atoms with E-state index in [9.17, 15) is 5.11 Å². The molecular weight excluding hydrogens is 242 g/mol. The first kappa shape index (κ1) is 13.9. The van der Waals surface area contributed by atoms with E-state index in [0.717, 1.165) is 0 Å². The highest BCUT2D eigenvalue weighted by Crippen LogP contribution is 2.31. The van der Waals surface area contributed by atoms with E-state index >= 15 is 0 Å². The van der Waals surface area contributed by atoms with Gasteiger partial charge in [0.15, 0.2) is 0 Å². The van der Waals surface area contributed by atoms with Crippen molar-refractivity contribution in [2.24, 2.45) is 5.92 Å². The molecule has 0 bridgehead atoms. The number of ether oxygens (including phenoxy) is 1. The zero-order valence-electron chi connectivity index (χ0n) is 11.8. The second-order valence-corrected chi connectivity index (χ2v) is 5.87. The number of aliphatic hydroxyl groups excluding tert-OH is 1. The molecule has 1 heterocycles. The first-order valence-electron chi connectivity index (χ1n) is 6.74. The quantitative estimate of drug-likeness (QED) is 0.733. The van der Waals surface area contributed by atoms with Crippen molar-refractivity contribution >= 4 is 11.5 Å². The minimum Gasteiger partial charge on any atom is -0.476 e. The number of hydrogen-bond acceptors (Lipinski definition) is 5. The maximum Gasteiger partial charge on any atom is 0.239 e. The van der Waals surface area contributed by atoms with Gasteiger partial charge in [-0.05, 0) is 51.7 Å². The van der Waals surface area contributed by atoms with Gasteiger partial charge in [0.1, 0.15) is 5.82 Å². The van der Waals surface area contributed by atoms with Crippen LogP contribution in [-0.4, -0.2) is 28.3 Å². The zero-order chi connectivity index (χ0) is 14.0. The number of nitrogens with one attached hydrogen (secondary N) is 1. The summed E-state index contributed by atoms with van der Waals surface area (Å²) >= 11 is 0. The van der Waals surface area contributed by atoms with Crippen molar-refractivity contribution in [3.05, 3.63) is 12.1 Å². The number of anilines is 2. The maximum absolute atomic E-state index is 9.70. The monoisotopic (exact) mass is 265 g/mol. The fourth-order valence-corrected chi connectivity index (χ4v) is 1.55. The Morgan fingerprint density at radius 3 is 2.79 bits per heavy atom. The number of aromatic nitrogens is 1. The molecule has 1 saturated carbocycles. The van der Waals surface area contributed by atoms with Crippen LogP contribution in [0.1, 0.15) is 33.6 Å². The molecule has 1 aliphatic rings. The number of nitrogens with zero attached hydrogens (tertiary/aromatic N) is 1. The Kier molecular flexibility index (Phi) is 3.85. The predicted octanol–water partition coefficient (Wildman–Crippen LogP) is 2.02. The van der Waals surface area contributed by atoms with Crippen LogP contribution in [0.4, 0.5) is 11.5 Å². The molecule has 4 N–H and O–H groups in total. The van der Waals surface area contributed by atoms with Gasteiger partial charge in [-0.25, -0.2) is 0 Å². The molecule has 0 amide bonds. The highest BCUT2D eigenvalue weighted by Gasteiger charge is 2.25. The molecule has 2 rings (SSSR count). The average Bonchev–Trinajstić information content (AvgIpc) is 3.13. The zero-order valence-corrected chi connectivity index (χ0v) is 11.8. The Hall–Kier alpha value is -1.49. The van der Waals surface area contributed by atoms with E-state index in [-0.39, 0.29) is 0 Å². The summed E-state index contributed by atoms with van der Waals surface area (Å²) in [6.07, 6.45) is 1.96. The van der Waals surface area contributed by atoms with Gasteiger partial charge in [0.05, 0.1) is 23.9 Å². The number of pyridine rings is 1. The van der Waals surface area contributed by atoms with Crippen LogP contribution in [0.25, 0.3) is 0 Å². The van der Waals surface area contributed by atoms with Crippen LogP contribution in [0.2, 0.25) is 0 Å². The van der Waals surface area contributed by atoms with Gasteiger partial charge in [-0.15, -0.1) is 0 Å². The maximum atomic E-state index is 9.70. The van der Waals surface area contributed by atoms with E-state index in [1.54, 1.807) is 19.1 Å². The lowest BCUT2D eigenvalue weighted by Gasteiger charge is -2.30. The van der Waals surface area contributed by atoms with Crippen molar-refractivity contribution in [1.82, 2.24) is 4.98 Å². The van der Waals surface area contributed by atoms with Gasteiger partial charge in [0, 0.05) is 0 Å². The summed E-state index contributed by atoms with van der Waals surface area (Å²) in [6, 6.07) is 3.57. The largest absolute Gasteiger partial charge is 0.476 e. The first-order valence-corrected chi connectivity index (χ1v) is 6.74. The second-order valence-electron chi connectivity index (χ2n) is 5.87. The van der Waals surface area contributed by atoms with Crippen molar-refractivity contribution in [1.29, 1.82) is 0 Å². The molecule has 1 unspecified atom stereocenters. The molecule has 5 heteroatoms. The first-order chi connectivity index (χ1) is 8.88. The molecule has 5 nitrogen and oxygen atoms in total. The molecule has 0 aliphatic heterocycles. The van der Waals surface area contributed by atoms with Crippen LogP contribution in [0.5, 0.6) is 5.88 Å². The summed E-state index contributed by atoms with van der Waals surface area (Å²) in [6.45, 7) is 6.26. The fraction of sp³-hybridized carbons (Fsp3) is 0.643.